The highest BCUT2D eigenvalue weighted by Crippen LogP contribution is 2.13. The van der Waals surface area contributed by atoms with Gasteiger partial charge in [0.2, 0.25) is 0 Å². The van der Waals surface area contributed by atoms with Crippen LogP contribution in [0, 0.1) is 11.8 Å². The smallest absolute Gasteiger partial charge is 0.0897 e. The minimum absolute atomic E-state index is 0.398. The van der Waals surface area contributed by atoms with Crippen LogP contribution in [0.15, 0.2) is 0 Å². The Morgan fingerprint density at radius 2 is 1.67 bits per heavy atom. The van der Waals surface area contributed by atoms with Gasteiger partial charge in [-0.1, -0.05) is 59.8 Å². The summed E-state index contributed by atoms with van der Waals surface area (Å²) in [5.41, 5.74) is 0. The molecule has 0 saturated carbocycles. The fourth-order valence-corrected chi connectivity index (χ4v) is 2.81. The molecule has 0 aromatic heterocycles. The summed E-state index contributed by atoms with van der Waals surface area (Å²) in [6.07, 6.45) is 6.91. The molecule has 128 valence electrons. The lowest BCUT2D eigenvalue weighted by Gasteiger charge is -2.24. The summed E-state index contributed by atoms with van der Waals surface area (Å²) in [7, 11) is 0. The lowest BCUT2D eigenvalue weighted by molar-refractivity contribution is 0.0177. The van der Waals surface area contributed by atoms with Crippen molar-refractivity contribution in [2.45, 2.75) is 85.3 Å². The Kier molecular flexibility index (Phi) is 13.5. The van der Waals surface area contributed by atoms with Crippen molar-refractivity contribution >= 4 is 0 Å². The normalized spacial score (nSPS) is 16.1. The molecule has 0 spiro atoms. The van der Waals surface area contributed by atoms with Gasteiger partial charge in [-0.05, 0) is 25.2 Å². The summed E-state index contributed by atoms with van der Waals surface area (Å²) in [5.74, 6) is 1.34. The van der Waals surface area contributed by atoms with E-state index in [0.29, 0.717) is 31.0 Å². The molecule has 0 aliphatic carbocycles. The average molecular weight is 302 g/mol. The Morgan fingerprint density at radius 1 is 1.00 bits per heavy atom. The van der Waals surface area contributed by atoms with Crippen molar-refractivity contribution in [3.63, 3.8) is 0 Å². The third kappa shape index (κ3) is 10.3. The van der Waals surface area contributed by atoms with E-state index in [-0.39, 0.29) is 0 Å². The maximum atomic E-state index is 10.00. The van der Waals surface area contributed by atoms with Crippen LogP contribution in [0.25, 0.3) is 0 Å². The van der Waals surface area contributed by atoms with Gasteiger partial charge in [-0.3, -0.25) is 0 Å². The van der Waals surface area contributed by atoms with Crippen molar-refractivity contribution in [2.24, 2.45) is 11.8 Å². The van der Waals surface area contributed by atoms with Crippen molar-refractivity contribution < 1.29 is 9.84 Å². The molecule has 0 amide bonds. The van der Waals surface area contributed by atoms with E-state index in [1.54, 1.807) is 0 Å². The second-order valence-corrected chi connectivity index (χ2v) is 6.38. The molecule has 0 aliphatic rings. The molecule has 2 N–H and O–H groups in total. The number of rotatable bonds is 14. The number of aliphatic hydroxyl groups is 1. The number of nitrogens with one attached hydrogen (secondary N) is 1. The van der Waals surface area contributed by atoms with Gasteiger partial charge < -0.3 is 15.2 Å². The number of ether oxygens (including phenoxy) is 1. The van der Waals surface area contributed by atoms with Crippen molar-refractivity contribution in [3.8, 4) is 0 Å². The first-order valence-corrected chi connectivity index (χ1v) is 9.07. The quantitative estimate of drug-likeness (QED) is 0.509. The van der Waals surface area contributed by atoms with Gasteiger partial charge in [0.25, 0.3) is 0 Å². The Labute approximate surface area is 132 Å². The minimum atomic E-state index is -0.398. The standard InChI is InChI=1S/C18H39NO2/c1-6-10-11-16(7-2)13-21-14-18(20)12-19-15(5)17(8-3)9-4/h15-20H,6-14H2,1-5H3. The SMILES string of the molecule is CCCCC(CC)COCC(O)CNC(C)C(CC)CC. The molecule has 3 nitrogen and oxygen atoms in total. The van der Waals surface area contributed by atoms with Crippen molar-refractivity contribution in [1.29, 1.82) is 0 Å². The average Bonchev–Trinajstić information content (AvgIpc) is 2.49. The summed E-state index contributed by atoms with van der Waals surface area (Å²) in [5, 5.41) is 13.4. The van der Waals surface area contributed by atoms with Gasteiger partial charge in [-0.25, -0.2) is 0 Å². The highest BCUT2D eigenvalue weighted by Gasteiger charge is 2.15. The highest BCUT2D eigenvalue weighted by atomic mass is 16.5. The van der Waals surface area contributed by atoms with Crippen LogP contribution in [0.1, 0.15) is 73.1 Å². The first kappa shape index (κ1) is 20.9. The van der Waals surface area contributed by atoms with Crippen LogP contribution in [-0.2, 0) is 4.74 Å². The zero-order valence-corrected chi connectivity index (χ0v) is 15.0. The molecule has 21 heavy (non-hydrogen) atoms. The third-order valence-electron chi connectivity index (χ3n) is 4.64. The molecule has 0 radical (unpaired) electrons. The summed E-state index contributed by atoms with van der Waals surface area (Å²) >= 11 is 0. The van der Waals surface area contributed by atoms with E-state index in [9.17, 15) is 5.11 Å². The lowest BCUT2D eigenvalue weighted by atomic mass is 9.95. The maximum Gasteiger partial charge on any atom is 0.0897 e. The van der Waals surface area contributed by atoms with Crippen LogP contribution >= 0.6 is 0 Å². The summed E-state index contributed by atoms with van der Waals surface area (Å²) in [6, 6.07) is 0.461. The topological polar surface area (TPSA) is 41.5 Å². The first-order chi connectivity index (χ1) is 10.1. The van der Waals surface area contributed by atoms with Crippen LogP contribution < -0.4 is 5.32 Å². The molecule has 0 aliphatic heterocycles. The fraction of sp³-hybridized carbons (Fsp3) is 1.00. The number of aliphatic hydroxyl groups excluding tert-OH is 1. The molecule has 3 heteroatoms. The molecule has 0 aromatic rings. The fourth-order valence-electron chi connectivity index (χ4n) is 2.81. The molecular formula is C18H39NO2. The first-order valence-electron chi connectivity index (χ1n) is 9.07. The summed E-state index contributed by atoms with van der Waals surface area (Å²) in [6.45, 7) is 13.0. The van der Waals surface area contributed by atoms with Crippen LogP contribution in [-0.4, -0.2) is 37.0 Å². The Hall–Kier alpha value is -0.120. The molecule has 0 saturated heterocycles. The summed E-state index contributed by atoms with van der Waals surface area (Å²) in [4.78, 5) is 0. The van der Waals surface area contributed by atoms with Gasteiger partial charge in [0.05, 0.1) is 12.7 Å². The molecule has 0 heterocycles. The van der Waals surface area contributed by atoms with E-state index in [1.807, 2.05) is 0 Å². The Bertz CT molecular complexity index is 219. The molecule has 0 aromatic carbocycles. The molecule has 0 bridgehead atoms. The van der Waals surface area contributed by atoms with E-state index < -0.39 is 6.10 Å². The number of hydrogen-bond acceptors (Lipinski definition) is 3. The van der Waals surface area contributed by atoms with E-state index in [0.717, 1.165) is 6.61 Å². The second-order valence-electron chi connectivity index (χ2n) is 6.38. The number of unbranched alkanes of at least 4 members (excludes halogenated alkanes) is 1. The Morgan fingerprint density at radius 3 is 2.19 bits per heavy atom. The van der Waals surface area contributed by atoms with Gasteiger partial charge in [0.15, 0.2) is 0 Å². The third-order valence-corrected chi connectivity index (χ3v) is 4.64. The van der Waals surface area contributed by atoms with Crippen LogP contribution in [0.4, 0.5) is 0 Å². The predicted octanol–water partition coefficient (Wildman–Crippen LogP) is 3.99. The van der Waals surface area contributed by atoms with Crippen LogP contribution in [0.5, 0.6) is 0 Å². The lowest BCUT2D eigenvalue weighted by Crippen LogP contribution is -2.39. The largest absolute Gasteiger partial charge is 0.389 e. The van der Waals surface area contributed by atoms with Crippen LogP contribution in [0.2, 0.25) is 0 Å². The van der Waals surface area contributed by atoms with Crippen molar-refractivity contribution in [3.05, 3.63) is 0 Å². The number of hydrogen-bond donors (Lipinski definition) is 2. The Balaban J connectivity index is 3.76. The molecule has 3 atom stereocenters. The van der Waals surface area contributed by atoms with Crippen LogP contribution in [0.3, 0.4) is 0 Å². The van der Waals surface area contributed by atoms with E-state index in [4.69, 9.17) is 4.74 Å². The monoisotopic (exact) mass is 301 g/mol. The zero-order chi connectivity index (χ0) is 16.1. The predicted molar refractivity (Wildman–Crippen MR) is 91.7 cm³/mol. The van der Waals surface area contributed by atoms with Gasteiger partial charge in [0, 0.05) is 19.2 Å². The van der Waals surface area contributed by atoms with Gasteiger partial charge in [-0.15, -0.1) is 0 Å². The minimum Gasteiger partial charge on any atom is -0.389 e. The van der Waals surface area contributed by atoms with Gasteiger partial charge in [0.1, 0.15) is 0 Å². The van der Waals surface area contributed by atoms with Crippen molar-refractivity contribution in [1.82, 2.24) is 5.32 Å². The molecular weight excluding hydrogens is 262 g/mol. The van der Waals surface area contributed by atoms with Crippen molar-refractivity contribution in [2.75, 3.05) is 19.8 Å². The highest BCUT2D eigenvalue weighted by molar-refractivity contribution is 4.72. The van der Waals surface area contributed by atoms with Gasteiger partial charge in [-0.2, -0.15) is 0 Å². The molecule has 0 rings (SSSR count). The van der Waals surface area contributed by atoms with E-state index in [2.05, 4.69) is 39.9 Å². The molecule has 0 fully saturated rings. The van der Waals surface area contributed by atoms with Gasteiger partial charge >= 0.3 is 0 Å². The van der Waals surface area contributed by atoms with E-state index in [1.165, 1.54) is 38.5 Å². The molecule has 3 unspecified atom stereocenters. The second kappa shape index (κ2) is 13.5. The summed E-state index contributed by atoms with van der Waals surface area (Å²) < 4.78 is 5.70. The van der Waals surface area contributed by atoms with E-state index >= 15 is 0 Å². The maximum absolute atomic E-state index is 10.00. The zero-order valence-electron chi connectivity index (χ0n) is 15.0.